The minimum Gasteiger partial charge on any atom is -0.352 e. The van der Waals surface area contributed by atoms with Gasteiger partial charge in [-0.1, -0.05) is 0 Å². The Morgan fingerprint density at radius 3 is 2.89 bits per heavy atom. The fourth-order valence-electron chi connectivity index (χ4n) is 3.39. The van der Waals surface area contributed by atoms with Crippen LogP contribution >= 0.6 is 15.9 Å². The number of piperidine rings is 1. The first-order valence-corrected chi connectivity index (χ1v) is 8.18. The van der Waals surface area contributed by atoms with Crippen LogP contribution in [0.15, 0.2) is 16.6 Å². The number of aromatic nitrogens is 1. The van der Waals surface area contributed by atoms with Gasteiger partial charge in [-0.25, -0.2) is 4.98 Å². The fourth-order valence-corrected chi connectivity index (χ4v) is 3.61. The number of anilines is 1. The lowest BCUT2D eigenvalue weighted by atomic mass is 9.94. The summed E-state index contributed by atoms with van der Waals surface area (Å²) in [5.41, 5.74) is 1.08. The number of hydrogen-bond acceptors (Lipinski definition) is 3. The lowest BCUT2D eigenvalue weighted by Crippen LogP contribution is -2.50. The molecule has 2 saturated heterocycles. The van der Waals surface area contributed by atoms with Crippen molar-refractivity contribution in [2.45, 2.75) is 51.1 Å². The molecule has 0 spiro atoms. The van der Waals surface area contributed by atoms with Gasteiger partial charge in [0.25, 0.3) is 0 Å². The molecule has 1 aromatic rings. The molecule has 0 bridgehead atoms. The van der Waals surface area contributed by atoms with E-state index < -0.39 is 0 Å². The van der Waals surface area contributed by atoms with Crippen molar-refractivity contribution < 1.29 is 0 Å². The van der Waals surface area contributed by atoms with E-state index >= 15 is 0 Å². The first-order valence-electron chi connectivity index (χ1n) is 7.39. The summed E-state index contributed by atoms with van der Waals surface area (Å²) in [4.78, 5) is 7.30. The quantitative estimate of drug-likeness (QED) is 0.905. The van der Waals surface area contributed by atoms with Crippen molar-refractivity contribution in [2.24, 2.45) is 0 Å². The molecular formula is C15H22BrN3. The normalized spacial score (nSPS) is 27.8. The maximum Gasteiger partial charge on any atom is 0.129 e. The number of hydrogen-bond donors (Lipinski definition) is 1. The second kappa shape index (κ2) is 5.80. The Morgan fingerprint density at radius 1 is 1.26 bits per heavy atom. The Kier molecular flexibility index (Phi) is 4.08. The van der Waals surface area contributed by atoms with Crippen LogP contribution < -0.4 is 10.2 Å². The zero-order valence-electron chi connectivity index (χ0n) is 11.5. The highest BCUT2D eigenvalue weighted by Gasteiger charge is 2.32. The minimum absolute atomic E-state index is 0.629. The van der Waals surface area contributed by atoms with Gasteiger partial charge in [0.05, 0.1) is 5.69 Å². The zero-order valence-corrected chi connectivity index (χ0v) is 13.1. The molecule has 3 nitrogen and oxygen atoms in total. The van der Waals surface area contributed by atoms with Crippen molar-refractivity contribution >= 4 is 21.7 Å². The third-order valence-electron chi connectivity index (χ3n) is 4.41. The molecule has 2 aliphatic rings. The van der Waals surface area contributed by atoms with Crippen molar-refractivity contribution in [1.29, 1.82) is 0 Å². The van der Waals surface area contributed by atoms with E-state index in [1.807, 2.05) is 0 Å². The van der Waals surface area contributed by atoms with Crippen molar-refractivity contribution in [3.63, 3.8) is 0 Å². The summed E-state index contributed by atoms with van der Waals surface area (Å²) in [6.45, 7) is 4.40. The van der Waals surface area contributed by atoms with E-state index in [0.717, 1.165) is 22.5 Å². The Labute approximate surface area is 123 Å². The van der Waals surface area contributed by atoms with Gasteiger partial charge in [-0.15, -0.1) is 0 Å². The van der Waals surface area contributed by atoms with Gasteiger partial charge >= 0.3 is 0 Å². The van der Waals surface area contributed by atoms with Crippen molar-refractivity contribution in [3.8, 4) is 0 Å². The Bertz CT molecular complexity index is 443. The Hall–Kier alpha value is -0.610. The molecule has 2 aliphatic heterocycles. The van der Waals surface area contributed by atoms with Crippen LogP contribution in [0.2, 0.25) is 0 Å². The number of nitrogens with one attached hydrogen (secondary N) is 1. The highest BCUT2D eigenvalue weighted by atomic mass is 79.9. The van der Waals surface area contributed by atoms with Crippen LogP contribution in [-0.4, -0.2) is 30.2 Å². The molecule has 0 amide bonds. The summed E-state index contributed by atoms with van der Waals surface area (Å²) in [7, 11) is 0. The first-order chi connectivity index (χ1) is 9.25. The lowest BCUT2D eigenvalue weighted by molar-refractivity contribution is 0.376. The first kappa shape index (κ1) is 13.4. The minimum atomic E-state index is 0.629. The SMILES string of the molecule is Cc1nc(N2CCCCC2C2CCCN2)ccc1Br. The van der Waals surface area contributed by atoms with E-state index in [-0.39, 0.29) is 0 Å². The predicted molar refractivity (Wildman–Crippen MR) is 82.7 cm³/mol. The van der Waals surface area contributed by atoms with Crippen LogP contribution in [0.25, 0.3) is 0 Å². The third kappa shape index (κ3) is 2.79. The second-order valence-electron chi connectivity index (χ2n) is 5.70. The summed E-state index contributed by atoms with van der Waals surface area (Å²) in [6.07, 6.45) is 6.59. The number of halogens is 1. The molecule has 2 fully saturated rings. The highest BCUT2D eigenvalue weighted by Crippen LogP contribution is 2.29. The summed E-state index contributed by atoms with van der Waals surface area (Å²) < 4.78 is 1.10. The molecule has 0 radical (unpaired) electrons. The molecular weight excluding hydrogens is 302 g/mol. The van der Waals surface area contributed by atoms with Crippen LogP contribution in [0, 0.1) is 6.92 Å². The molecule has 0 saturated carbocycles. The molecule has 1 aromatic heterocycles. The van der Waals surface area contributed by atoms with E-state index in [9.17, 15) is 0 Å². The van der Waals surface area contributed by atoms with Crippen LogP contribution in [0.3, 0.4) is 0 Å². The monoisotopic (exact) mass is 323 g/mol. The molecule has 2 atom stereocenters. The maximum absolute atomic E-state index is 4.77. The number of rotatable bonds is 2. The lowest BCUT2D eigenvalue weighted by Gasteiger charge is -2.40. The van der Waals surface area contributed by atoms with E-state index in [2.05, 4.69) is 45.2 Å². The van der Waals surface area contributed by atoms with Crippen molar-refractivity contribution in [2.75, 3.05) is 18.0 Å². The highest BCUT2D eigenvalue weighted by molar-refractivity contribution is 9.10. The predicted octanol–water partition coefficient (Wildman–Crippen LogP) is 3.26. The fraction of sp³-hybridized carbons (Fsp3) is 0.667. The Morgan fingerprint density at radius 2 is 2.16 bits per heavy atom. The average molecular weight is 324 g/mol. The largest absolute Gasteiger partial charge is 0.352 e. The molecule has 3 heterocycles. The molecule has 0 aromatic carbocycles. The number of aryl methyl sites for hydroxylation is 1. The Balaban J connectivity index is 1.84. The molecule has 0 aliphatic carbocycles. The van der Waals surface area contributed by atoms with E-state index in [4.69, 9.17) is 4.98 Å². The van der Waals surface area contributed by atoms with E-state index in [0.29, 0.717) is 12.1 Å². The molecule has 1 N–H and O–H groups in total. The van der Waals surface area contributed by atoms with Crippen LogP contribution in [-0.2, 0) is 0 Å². The number of pyridine rings is 1. The molecule has 19 heavy (non-hydrogen) atoms. The van der Waals surface area contributed by atoms with E-state index in [1.165, 1.54) is 38.6 Å². The smallest absolute Gasteiger partial charge is 0.129 e. The van der Waals surface area contributed by atoms with Gasteiger partial charge in [-0.3, -0.25) is 0 Å². The summed E-state index contributed by atoms with van der Waals surface area (Å²) in [5, 5.41) is 3.67. The second-order valence-corrected chi connectivity index (χ2v) is 6.55. The van der Waals surface area contributed by atoms with Gasteiger partial charge in [-0.05, 0) is 73.6 Å². The van der Waals surface area contributed by atoms with Crippen LogP contribution in [0.5, 0.6) is 0 Å². The molecule has 3 rings (SSSR count). The van der Waals surface area contributed by atoms with Gasteiger partial charge in [0.1, 0.15) is 5.82 Å². The van der Waals surface area contributed by atoms with Gasteiger partial charge in [-0.2, -0.15) is 0 Å². The van der Waals surface area contributed by atoms with Gasteiger partial charge < -0.3 is 10.2 Å². The molecule has 4 heteroatoms. The standard InChI is InChI=1S/C15H22BrN3/c1-11-12(16)7-8-15(18-11)19-10-3-2-6-14(19)13-5-4-9-17-13/h7-8,13-14,17H,2-6,9-10H2,1H3. The van der Waals surface area contributed by atoms with E-state index in [1.54, 1.807) is 0 Å². The van der Waals surface area contributed by atoms with Crippen LogP contribution in [0.4, 0.5) is 5.82 Å². The summed E-state index contributed by atoms with van der Waals surface area (Å²) in [6, 6.07) is 5.57. The van der Waals surface area contributed by atoms with Gasteiger partial charge in [0, 0.05) is 23.1 Å². The zero-order chi connectivity index (χ0) is 13.2. The van der Waals surface area contributed by atoms with Crippen molar-refractivity contribution in [3.05, 3.63) is 22.3 Å². The van der Waals surface area contributed by atoms with Gasteiger partial charge in [0.15, 0.2) is 0 Å². The number of nitrogens with zero attached hydrogens (tertiary/aromatic N) is 2. The van der Waals surface area contributed by atoms with Crippen molar-refractivity contribution in [1.82, 2.24) is 10.3 Å². The third-order valence-corrected chi connectivity index (χ3v) is 5.25. The summed E-state index contributed by atoms with van der Waals surface area (Å²) >= 11 is 3.54. The summed E-state index contributed by atoms with van der Waals surface area (Å²) in [5.74, 6) is 1.15. The maximum atomic E-state index is 4.77. The molecule has 104 valence electrons. The molecule has 2 unspecified atom stereocenters. The van der Waals surface area contributed by atoms with Gasteiger partial charge in [0.2, 0.25) is 0 Å². The van der Waals surface area contributed by atoms with Crippen LogP contribution in [0.1, 0.15) is 37.8 Å². The average Bonchev–Trinajstić information content (AvgIpc) is 2.96. The topological polar surface area (TPSA) is 28.2 Å².